The Kier molecular flexibility index (Phi) is 5.99. The molecule has 1 atom stereocenters. The number of hydrogen-bond donors (Lipinski definition) is 1. The fourth-order valence-electron chi connectivity index (χ4n) is 0.659. The molecule has 0 aliphatic rings. The average molecular weight is 220 g/mol. The first-order valence-corrected chi connectivity index (χ1v) is 8.46. The van der Waals surface area contributed by atoms with Crippen LogP contribution in [0, 0.1) is 0 Å². The predicted molar refractivity (Wildman–Crippen MR) is 57.2 cm³/mol. The van der Waals surface area contributed by atoms with Crippen LogP contribution >= 0.6 is 0 Å². The maximum atomic E-state index is 10.3. The molecule has 0 aliphatic heterocycles. The van der Waals surface area contributed by atoms with Gasteiger partial charge in [0.15, 0.2) is 6.10 Å². The lowest BCUT2D eigenvalue weighted by Crippen LogP contribution is -2.24. The van der Waals surface area contributed by atoms with E-state index in [0.29, 0.717) is 6.61 Å². The van der Waals surface area contributed by atoms with Crippen molar-refractivity contribution in [1.82, 2.24) is 0 Å². The molecule has 0 aromatic heterocycles. The molecule has 84 valence electrons. The Morgan fingerprint density at radius 3 is 2.43 bits per heavy atom. The number of carbonyl (C=O) groups is 1. The van der Waals surface area contributed by atoms with Crippen LogP contribution in [0.15, 0.2) is 0 Å². The molecular weight excluding hydrogens is 200 g/mol. The minimum atomic E-state index is -1.05. The molecule has 0 fully saturated rings. The summed E-state index contributed by atoms with van der Waals surface area (Å²) < 4.78 is 10.1. The number of ether oxygens (including phenoxy) is 2. The zero-order valence-corrected chi connectivity index (χ0v) is 10.4. The summed E-state index contributed by atoms with van der Waals surface area (Å²) in [6.07, 6.45) is -0.790. The highest BCUT2D eigenvalue weighted by molar-refractivity contribution is 6.76. The fourth-order valence-corrected chi connectivity index (χ4v) is 1.42. The highest BCUT2D eigenvalue weighted by Gasteiger charge is 2.13. The van der Waals surface area contributed by atoms with Crippen molar-refractivity contribution < 1.29 is 19.4 Å². The van der Waals surface area contributed by atoms with Gasteiger partial charge in [0.05, 0.1) is 0 Å². The van der Waals surface area contributed by atoms with E-state index in [4.69, 9.17) is 14.6 Å². The van der Waals surface area contributed by atoms with E-state index < -0.39 is 20.1 Å². The molecule has 0 spiro atoms. The van der Waals surface area contributed by atoms with Gasteiger partial charge in [-0.1, -0.05) is 19.6 Å². The number of hydrogen-bond acceptors (Lipinski definition) is 3. The standard InChI is InChI=1S/C9H20O4Si/c1-8(9(10)11)13-7-12-5-6-14(2,3)4/h8H,5-7H2,1-4H3,(H,10,11). The molecule has 0 aromatic rings. The average Bonchev–Trinajstić information content (AvgIpc) is 2.01. The Balaban J connectivity index is 3.35. The van der Waals surface area contributed by atoms with Crippen molar-refractivity contribution in [3.05, 3.63) is 0 Å². The van der Waals surface area contributed by atoms with Gasteiger partial charge in [0.25, 0.3) is 0 Å². The van der Waals surface area contributed by atoms with Gasteiger partial charge in [-0.2, -0.15) is 0 Å². The molecule has 0 aromatic carbocycles. The van der Waals surface area contributed by atoms with Crippen molar-refractivity contribution in [1.29, 1.82) is 0 Å². The lowest BCUT2D eigenvalue weighted by molar-refractivity contribution is -0.158. The van der Waals surface area contributed by atoms with Crippen molar-refractivity contribution >= 4 is 14.0 Å². The zero-order chi connectivity index (χ0) is 11.2. The molecule has 0 saturated carbocycles. The van der Waals surface area contributed by atoms with Gasteiger partial charge < -0.3 is 14.6 Å². The van der Waals surface area contributed by atoms with Gasteiger partial charge in [-0.25, -0.2) is 4.79 Å². The molecule has 0 aliphatic carbocycles. The van der Waals surface area contributed by atoms with Gasteiger partial charge in [-0.15, -0.1) is 0 Å². The van der Waals surface area contributed by atoms with Gasteiger partial charge >= 0.3 is 5.97 Å². The quantitative estimate of drug-likeness (QED) is 0.404. The summed E-state index contributed by atoms with van der Waals surface area (Å²) in [5, 5.41) is 8.49. The molecule has 0 amide bonds. The fraction of sp³-hybridized carbons (Fsp3) is 0.889. The summed E-state index contributed by atoms with van der Waals surface area (Å²) in [6.45, 7) is 9.00. The first-order chi connectivity index (χ1) is 6.33. The lowest BCUT2D eigenvalue weighted by atomic mass is 10.4. The Bertz CT molecular complexity index is 176. The minimum absolute atomic E-state index is 0.0674. The zero-order valence-electron chi connectivity index (χ0n) is 9.37. The van der Waals surface area contributed by atoms with Gasteiger partial charge in [0.1, 0.15) is 6.79 Å². The Hall–Kier alpha value is -0.393. The van der Waals surface area contributed by atoms with Crippen LogP contribution in [0.3, 0.4) is 0 Å². The van der Waals surface area contributed by atoms with Gasteiger partial charge in [-0.3, -0.25) is 0 Å². The summed E-state index contributed by atoms with van der Waals surface area (Å²) in [5.41, 5.74) is 0. The molecule has 0 radical (unpaired) electrons. The number of carboxylic acids is 1. The second-order valence-electron chi connectivity index (χ2n) is 4.48. The van der Waals surface area contributed by atoms with Crippen LogP contribution in [0.5, 0.6) is 0 Å². The molecule has 0 bridgehead atoms. The van der Waals surface area contributed by atoms with E-state index in [2.05, 4.69) is 19.6 Å². The third-order valence-electron chi connectivity index (χ3n) is 1.75. The summed E-state index contributed by atoms with van der Waals surface area (Å²) >= 11 is 0. The van der Waals surface area contributed by atoms with Crippen LogP contribution in [0.4, 0.5) is 0 Å². The van der Waals surface area contributed by atoms with Crippen LogP contribution in [0.2, 0.25) is 25.7 Å². The van der Waals surface area contributed by atoms with Crippen molar-refractivity contribution in [3.63, 3.8) is 0 Å². The highest BCUT2D eigenvalue weighted by Crippen LogP contribution is 2.07. The number of aliphatic carboxylic acids is 1. The second-order valence-corrected chi connectivity index (χ2v) is 10.1. The number of carboxylic acid groups (broad SMARTS) is 1. The monoisotopic (exact) mass is 220 g/mol. The largest absolute Gasteiger partial charge is 0.479 e. The molecule has 14 heavy (non-hydrogen) atoms. The van der Waals surface area contributed by atoms with Crippen molar-refractivity contribution in [2.75, 3.05) is 13.4 Å². The molecule has 4 nitrogen and oxygen atoms in total. The molecule has 1 N–H and O–H groups in total. The van der Waals surface area contributed by atoms with E-state index >= 15 is 0 Å². The Morgan fingerprint density at radius 1 is 1.43 bits per heavy atom. The van der Waals surface area contributed by atoms with E-state index in [1.54, 1.807) is 0 Å². The SMILES string of the molecule is CC(OCOCC[Si](C)(C)C)C(=O)O. The lowest BCUT2D eigenvalue weighted by Gasteiger charge is -2.15. The van der Waals surface area contributed by atoms with Crippen LogP contribution < -0.4 is 0 Å². The van der Waals surface area contributed by atoms with Crippen LogP contribution in [-0.4, -0.2) is 38.7 Å². The third-order valence-corrected chi connectivity index (χ3v) is 3.45. The number of rotatable bonds is 7. The van der Waals surface area contributed by atoms with E-state index in [-0.39, 0.29) is 6.79 Å². The van der Waals surface area contributed by atoms with E-state index in [1.807, 2.05) is 0 Å². The van der Waals surface area contributed by atoms with E-state index in [9.17, 15) is 4.79 Å². The van der Waals surface area contributed by atoms with Gasteiger partial charge in [-0.05, 0) is 13.0 Å². The van der Waals surface area contributed by atoms with Crippen LogP contribution in [0.25, 0.3) is 0 Å². The normalized spacial score (nSPS) is 14.0. The van der Waals surface area contributed by atoms with Gasteiger partial charge in [0.2, 0.25) is 0 Å². The van der Waals surface area contributed by atoms with Crippen molar-refractivity contribution in [2.45, 2.75) is 38.7 Å². The van der Waals surface area contributed by atoms with Crippen LogP contribution in [0.1, 0.15) is 6.92 Å². The topological polar surface area (TPSA) is 55.8 Å². The first-order valence-electron chi connectivity index (χ1n) is 4.75. The first kappa shape index (κ1) is 13.6. The van der Waals surface area contributed by atoms with Crippen LogP contribution in [-0.2, 0) is 14.3 Å². The molecule has 0 rings (SSSR count). The highest BCUT2D eigenvalue weighted by atomic mass is 28.3. The molecule has 1 unspecified atom stereocenters. The summed E-state index contributed by atoms with van der Waals surface area (Å²) in [5.74, 6) is -0.959. The maximum absolute atomic E-state index is 10.3. The maximum Gasteiger partial charge on any atom is 0.332 e. The Labute approximate surface area is 86.2 Å². The second kappa shape index (κ2) is 6.16. The van der Waals surface area contributed by atoms with E-state index in [1.165, 1.54) is 6.92 Å². The predicted octanol–water partition coefficient (Wildman–Crippen LogP) is 1.79. The van der Waals surface area contributed by atoms with Crippen molar-refractivity contribution in [2.24, 2.45) is 0 Å². The molecule has 0 heterocycles. The smallest absolute Gasteiger partial charge is 0.332 e. The molecule has 5 heteroatoms. The van der Waals surface area contributed by atoms with E-state index in [0.717, 1.165) is 6.04 Å². The summed E-state index contributed by atoms with van der Waals surface area (Å²) in [7, 11) is -1.05. The van der Waals surface area contributed by atoms with Crippen molar-refractivity contribution in [3.8, 4) is 0 Å². The third kappa shape index (κ3) is 8.22. The minimum Gasteiger partial charge on any atom is -0.479 e. The van der Waals surface area contributed by atoms with Gasteiger partial charge in [0, 0.05) is 14.7 Å². The Morgan fingerprint density at radius 2 is 2.00 bits per heavy atom. The summed E-state index contributed by atoms with van der Waals surface area (Å²) in [6, 6.07) is 1.07. The summed E-state index contributed by atoms with van der Waals surface area (Å²) in [4.78, 5) is 10.3. The molecular formula is C9H20O4Si. The molecule has 0 saturated heterocycles.